The van der Waals surface area contributed by atoms with E-state index in [1.54, 1.807) is 0 Å². The van der Waals surface area contributed by atoms with Crippen LogP contribution in [0.5, 0.6) is 0 Å². The van der Waals surface area contributed by atoms with Gasteiger partial charge in [-0.25, -0.2) is 5.43 Å². The highest BCUT2D eigenvalue weighted by atomic mass is 79.9. The summed E-state index contributed by atoms with van der Waals surface area (Å²) in [5.41, 5.74) is 4.90. The number of hydrogen-bond acceptors (Lipinski definition) is 2. The molecule has 0 aromatic heterocycles. The van der Waals surface area contributed by atoms with Gasteiger partial charge in [0.15, 0.2) is 0 Å². The summed E-state index contributed by atoms with van der Waals surface area (Å²) in [6.07, 6.45) is 2.04. The van der Waals surface area contributed by atoms with Gasteiger partial charge in [0.25, 0.3) is 0 Å². The fourth-order valence-corrected chi connectivity index (χ4v) is 2.11. The number of hydrogen-bond donors (Lipinski definition) is 2. The van der Waals surface area contributed by atoms with E-state index in [4.69, 9.17) is 17.4 Å². The van der Waals surface area contributed by atoms with Gasteiger partial charge in [-0.15, -0.1) is 0 Å². The van der Waals surface area contributed by atoms with Crippen molar-refractivity contribution in [2.75, 3.05) is 0 Å². The molecule has 0 radical (unpaired) electrons. The largest absolute Gasteiger partial charge is 0.271 e. The van der Waals surface area contributed by atoms with E-state index in [9.17, 15) is 0 Å². The van der Waals surface area contributed by atoms with Gasteiger partial charge < -0.3 is 0 Å². The molecule has 0 aliphatic heterocycles. The van der Waals surface area contributed by atoms with Crippen molar-refractivity contribution >= 4 is 27.5 Å². The molecule has 2 nitrogen and oxygen atoms in total. The van der Waals surface area contributed by atoms with Crippen LogP contribution in [0, 0.1) is 0 Å². The molecule has 0 fully saturated rings. The number of benzene rings is 1. The fourth-order valence-electron chi connectivity index (χ4n) is 1.31. The maximum atomic E-state index is 6.13. The summed E-state index contributed by atoms with van der Waals surface area (Å²) >= 11 is 9.50. The lowest BCUT2D eigenvalue weighted by molar-refractivity contribution is 0.652. The van der Waals surface area contributed by atoms with E-state index in [0.29, 0.717) is 5.02 Å². The Balaban J connectivity index is 3.07. The second-order valence-corrected chi connectivity index (χ2v) is 4.88. The Labute approximate surface area is 104 Å². The molecule has 0 spiro atoms. The number of halogens is 2. The zero-order valence-corrected chi connectivity index (χ0v) is 11.1. The second kappa shape index (κ2) is 5.66. The van der Waals surface area contributed by atoms with Crippen LogP contribution in [0.3, 0.4) is 0 Å². The highest BCUT2D eigenvalue weighted by Crippen LogP contribution is 2.27. The predicted molar refractivity (Wildman–Crippen MR) is 68.6 cm³/mol. The maximum Gasteiger partial charge on any atom is 0.0657 e. The molecule has 0 aliphatic carbocycles. The molecular weight excluding hydrogens is 275 g/mol. The number of nitrogens with one attached hydrogen (secondary N) is 1. The lowest BCUT2D eigenvalue weighted by atomic mass is 10.1. The highest BCUT2D eigenvalue weighted by Gasteiger charge is 2.10. The minimum absolute atomic E-state index is 0.0457. The van der Waals surface area contributed by atoms with Crippen LogP contribution in [0.1, 0.15) is 25.5 Å². The van der Waals surface area contributed by atoms with Crippen LogP contribution in [0.2, 0.25) is 5.02 Å². The number of hydrazine groups is 1. The van der Waals surface area contributed by atoms with E-state index < -0.39 is 0 Å². The molecule has 0 aliphatic rings. The molecule has 82 valence electrons. The second-order valence-electron chi connectivity index (χ2n) is 3.55. The summed E-state index contributed by atoms with van der Waals surface area (Å²) in [7, 11) is 0. The minimum atomic E-state index is -0.0457. The van der Waals surface area contributed by atoms with Crippen molar-refractivity contribution in [2.45, 2.75) is 19.9 Å². The van der Waals surface area contributed by atoms with Gasteiger partial charge in [0.1, 0.15) is 0 Å². The van der Waals surface area contributed by atoms with Gasteiger partial charge in [-0.2, -0.15) is 0 Å². The molecule has 1 aromatic carbocycles. The Morgan fingerprint density at radius 2 is 2.20 bits per heavy atom. The summed E-state index contributed by atoms with van der Waals surface area (Å²) < 4.78 is 0.962. The molecular formula is C11H14BrClN2. The topological polar surface area (TPSA) is 38.0 Å². The normalized spacial score (nSPS) is 12.3. The van der Waals surface area contributed by atoms with Crippen molar-refractivity contribution in [3.63, 3.8) is 0 Å². The molecule has 4 heteroatoms. The van der Waals surface area contributed by atoms with Crippen LogP contribution >= 0.6 is 27.5 Å². The van der Waals surface area contributed by atoms with Crippen LogP contribution < -0.4 is 11.3 Å². The smallest absolute Gasteiger partial charge is 0.0657 e. The first-order chi connectivity index (χ1) is 7.04. The van der Waals surface area contributed by atoms with Crippen molar-refractivity contribution in [2.24, 2.45) is 5.84 Å². The van der Waals surface area contributed by atoms with Crippen LogP contribution in [-0.2, 0) is 0 Å². The lowest BCUT2D eigenvalue weighted by Crippen LogP contribution is -2.27. The first-order valence-electron chi connectivity index (χ1n) is 4.60. The van der Waals surface area contributed by atoms with Gasteiger partial charge in [-0.05, 0) is 31.5 Å². The van der Waals surface area contributed by atoms with E-state index >= 15 is 0 Å². The molecule has 1 rings (SSSR count). The van der Waals surface area contributed by atoms with Crippen LogP contribution in [-0.4, -0.2) is 0 Å². The Morgan fingerprint density at radius 1 is 1.53 bits per heavy atom. The summed E-state index contributed by atoms with van der Waals surface area (Å²) in [4.78, 5) is 0. The van der Waals surface area contributed by atoms with E-state index in [1.165, 1.54) is 5.57 Å². The quantitative estimate of drug-likeness (QED) is 0.507. The molecule has 1 atom stereocenters. The fraction of sp³-hybridized carbons (Fsp3) is 0.273. The third-order valence-corrected chi connectivity index (χ3v) is 2.80. The van der Waals surface area contributed by atoms with Crippen molar-refractivity contribution in [3.8, 4) is 0 Å². The Bertz CT molecular complexity index is 373. The van der Waals surface area contributed by atoms with E-state index in [1.807, 2.05) is 38.1 Å². The van der Waals surface area contributed by atoms with Gasteiger partial charge in [-0.1, -0.05) is 45.2 Å². The van der Waals surface area contributed by atoms with Gasteiger partial charge >= 0.3 is 0 Å². The lowest BCUT2D eigenvalue weighted by Gasteiger charge is -2.14. The average Bonchev–Trinajstić information content (AvgIpc) is 2.14. The first-order valence-corrected chi connectivity index (χ1v) is 5.77. The molecule has 3 N–H and O–H groups in total. The Hall–Kier alpha value is -0.350. The third-order valence-electron chi connectivity index (χ3n) is 1.98. The molecule has 0 amide bonds. The highest BCUT2D eigenvalue weighted by molar-refractivity contribution is 9.10. The van der Waals surface area contributed by atoms with Crippen molar-refractivity contribution in [3.05, 3.63) is 44.9 Å². The summed E-state index contributed by atoms with van der Waals surface area (Å²) in [5, 5.41) is 0.699. The SMILES string of the molecule is CC(C)=CC(NN)c1ccc(Br)cc1Cl. The first kappa shape index (κ1) is 12.7. The number of allylic oxidation sites excluding steroid dienone is 1. The Kier molecular flexibility index (Phi) is 4.80. The van der Waals surface area contributed by atoms with Gasteiger partial charge in [0.05, 0.1) is 6.04 Å². The van der Waals surface area contributed by atoms with Crippen molar-refractivity contribution in [1.82, 2.24) is 5.43 Å². The minimum Gasteiger partial charge on any atom is -0.271 e. The van der Waals surface area contributed by atoms with Crippen LogP contribution in [0.4, 0.5) is 0 Å². The summed E-state index contributed by atoms with van der Waals surface area (Å²) in [6, 6.07) is 5.72. The summed E-state index contributed by atoms with van der Waals surface area (Å²) in [6.45, 7) is 4.05. The zero-order chi connectivity index (χ0) is 11.4. The molecule has 15 heavy (non-hydrogen) atoms. The monoisotopic (exact) mass is 288 g/mol. The zero-order valence-electron chi connectivity index (χ0n) is 8.72. The van der Waals surface area contributed by atoms with Crippen molar-refractivity contribution < 1.29 is 0 Å². The van der Waals surface area contributed by atoms with E-state index in [0.717, 1.165) is 10.0 Å². The standard InChI is InChI=1S/C11H14BrClN2/c1-7(2)5-11(15-14)9-4-3-8(12)6-10(9)13/h3-6,11,15H,14H2,1-2H3. The molecule has 1 unspecified atom stereocenters. The average molecular weight is 290 g/mol. The van der Waals surface area contributed by atoms with E-state index in [2.05, 4.69) is 21.4 Å². The van der Waals surface area contributed by atoms with Crippen LogP contribution in [0.25, 0.3) is 0 Å². The van der Waals surface area contributed by atoms with Crippen molar-refractivity contribution in [1.29, 1.82) is 0 Å². The summed E-state index contributed by atoms with van der Waals surface area (Å²) in [5.74, 6) is 5.50. The maximum absolute atomic E-state index is 6.13. The van der Waals surface area contributed by atoms with Gasteiger partial charge in [0.2, 0.25) is 0 Å². The molecule has 0 bridgehead atoms. The van der Waals surface area contributed by atoms with Crippen LogP contribution in [0.15, 0.2) is 34.3 Å². The molecule has 0 saturated heterocycles. The number of nitrogens with two attached hydrogens (primary N) is 1. The molecule has 0 heterocycles. The Morgan fingerprint density at radius 3 is 2.67 bits per heavy atom. The third kappa shape index (κ3) is 3.61. The van der Waals surface area contributed by atoms with E-state index in [-0.39, 0.29) is 6.04 Å². The molecule has 1 aromatic rings. The van der Waals surface area contributed by atoms with Gasteiger partial charge in [0, 0.05) is 9.50 Å². The number of rotatable bonds is 3. The van der Waals surface area contributed by atoms with Gasteiger partial charge in [-0.3, -0.25) is 5.84 Å². The molecule has 0 saturated carbocycles. The predicted octanol–water partition coefficient (Wildman–Crippen LogP) is 3.57.